The quantitative estimate of drug-likeness (QED) is 0.0817. The number of aromatic amines is 6. The Balaban J connectivity index is 0.000000111. The summed E-state index contributed by atoms with van der Waals surface area (Å²) in [5.74, 6) is 0. The standard InChI is InChI=1S/3C20H10Cl2N2O2/c21-9-1-3-11-15(5-9)23-17-8-14-18(7-13(17)19(11)25)24-16-6-10(22)2-4-12(16)20(14)26;21-13-5-1-3-9-17(13)23-15-8-12-16(7-11(15)19(9)25)24-18-10(20(12)26)4-2-6-14(18)22;21-9-4-5-10-15(6-9)23-16-7-13-17(8-12(16)19(10)25)24-18-11(20(13)26)2-1-3-14(18)22/h3*1-8H,(H,23,25)(H,24,26). The summed E-state index contributed by atoms with van der Waals surface area (Å²) < 4.78 is 0. The Bertz CT molecular complexity index is 5360. The minimum absolute atomic E-state index is 0.112. The van der Waals surface area contributed by atoms with Crippen LogP contribution < -0.4 is 32.6 Å². The molecule has 15 aromatic rings. The second kappa shape index (κ2) is 18.6. The maximum absolute atomic E-state index is 12.9. The summed E-state index contributed by atoms with van der Waals surface area (Å²) in [6.07, 6.45) is 0. The molecule has 78 heavy (non-hydrogen) atoms. The van der Waals surface area contributed by atoms with Crippen molar-refractivity contribution in [3.8, 4) is 0 Å². The van der Waals surface area contributed by atoms with Gasteiger partial charge in [-0.3, -0.25) is 28.8 Å². The van der Waals surface area contributed by atoms with Gasteiger partial charge in [0.15, 0.2) is 32.6 Å². The number of pyridine rings is 6. The lowest BCUT2D eigenvalue weighted by atomic mass is 10.1. The molecule has 0 atom stereocenters. The van der Waals surface area contributed by atoms with Crippen molar-refractivity contribution < 1.29 is 0 Å². The van der Waals surface area contributed by atoms with Crippen LogP contribution in [0, 0.1) is 0 Å². The number of hydrogen-bond donors (Lipinski definition) is 6. The third kappa shape index (κ3) is 8.07. The number of halogens is 6. The number of aromatic nitrogens is 6. The maximum atomic E-state index is 12.9. The first kappa shape index (κ1) is 49.1. The number of H-pyrrole nitrogens is 6. The molecule has 0 spiro atoms. The van der Waals surface area contributed by atoms with Crippen LogP contribution in [0.25, 0.3) is 131 Å². The molecule has 18 heteroatoms. The van der Waals surface area contributed by atoms with E-state index in [4.69, 9.17) is 69.6 Å². The number of fused-ring (bicyclic) bond motifs is 12. The van der Waals surface area contributed by atoms with E-state index < -0.39 is 0 Å². The van der Waals surface area contributed by atoms with Gasteiger partial charge in [0.05, 0.1) is 81.3 Å². The largest absolute Gasteiger partial charge is 0.354 e. The van der Waals surface area contributed by atoms with Crippen LogP contribution in [-0.4, -0.2) is 29.9 Å². The van der Waals surface area contributed by atoms with Gasteiger partial charge in [-0.2, -0.15) is 0 Å². The molecule has 6 aromatic heterocycles. The fourth-order valence-corrected chi connectivity index (χ4v) is 11.4. The van der Waals surface area contributed by atoms with Crippen molar-refractivity contribution >= 4 is 200 Å². The summed E-state index contributed by atoms with van der Waals surface area (Å²) in [6.45, 7) is 0. The molecule has 0 fully saturated rings. The van der Waals surface area contributed by atoms with Gasteiger partial charge >= 0.3 is 0 Å². The zero-order valence-corrected chi connectivity index (χ0v) is 44.1. The van der Waals surface area contributed by atoms with Crippen molar-refractivity contribution in [3.05, 3.63) is 237 Å². The van der Waals surface area contributed by atoms with Gasteiger partial charge < -0.3 is 29.9 Å². The maximum Gasteiger partial charge on any atom is 0.197 e. The lowest BCUT2D eigenvalue weighted by Crippen LogP contribution is -2.08. The Kier molecular flexibility index (Phi) is 11.7. The minimum atomic E-state index is -0.141. The van der Waals surface area contributed by atoms with Crippen molar-refractivity contribution in [2.45, 2.75) is 0 Å². The van der Waals surface area contributed by atoms with Crippen molar-refractivity contribution in [3.63, 3.8) is 0 Å². The lowest BCUT2D eigenvalue weighted by molar-refractivity contribution is 1.46. The van der Waals surface area contributed by atoms with E-state index in [1.165, 1.54) is 0 Å². The fourth-order valence-electron chi connectivity index (χ4n) is 10.2. The predicted octanol–water partition coefficient (Wildman–Crippen LogP) is 14.9. The molecule has 6 N–H and O–H groups in total. The van der Waals surface area contributed by atoms with E-state index in [1.54, 1.807) is 146 Å². The van der Waals surface area contributed by atoms with Crippen LogP contribution in [-0.2, 0) is 0 Å². The Hall–Kier alpha value is -8.46. The highest BCUT2D eigenvalue weighted by Gasteiger charge is 2.16. The van der Waals surface area contributed by atoms with Crippen LogP contribution in [0.4, 0.5) is 0 Å². The summed E-state index contributed by atoms with van der Waals surface area (Å²) in [7, 11) is 0. The van der Waals surface area contributed by atoms with Crippen LogP contribution >= 0.6 is 69.6 Å². The van der Waals surface area contributed by atoms with Crippen LogP contribution in [0.15, 0.2) is 174 Å². The third-order valence-electron chi connectivity index (χ3n) is 14.0. The number of rotatable bonds is 0. The second-order valence-electron chi connectivity index (χ2n) is 18.6. The molecule has 12 nitrogen and oxygen atoms in total. The first-order valence-corrected chi connectivity index (χ1v) is 26.0. The zero-order valence-electron chi connectivity index (χ0n) is 39.6. The number of nitrogens with one attached hydrogen (secondary N) is 6. The molecular weight excluding hydrogens is 1110 g/mol. The smallest absolute Gasteiger partial charge is 0.197 e. The summed E-state index contributed by atoms with van der Waals surface area (Å²) in [4.78, 5) is 96.5. The molecule has 9 aromatic carbocycles. The highest BCUT2D eigenvalue weighted by Crippen LogP contribution is 2.30. The van der Waals surface area contributed by atoms with Gasteiger partial charge in [-0.15, -0.1) is 0 Å². The molecule has 0 saturated heterocycles. The molecule has 0 aliphatic carbocycles. The van der Waals surface area contributed by atoms with Gasteiger partial charge in [-0.05, 0) is 127 Å². The number of para-hydroxylation sites is 3. The zero-order chi connectivity index (χ0) is 54.0. The van der Waals surface area contributed by atoms with E-state index in [0.29, 0.717) is 161 Å². The molecule has 0 bridgehead atoms. The van der Waals surface area contributed by atoms with Crippen molar-refractivity contribution in [2.75, 3.05) is 0 Å². The summed E-state index contributed by atoms with van der Waals surface area (Å²) in [6, 6.07) is 41.0. The Morgan fingerprint density at radius 3 is 0.692 bits per heavy atom. The average Bonchev–Trinajstić information content (AvgIpc) is 3.63. The SMILES string of the molecule is O=c1c2cc3[nH]c4c(Cl)cccc4c(=O)c3cc2[nH]c2c(Cl)cccc12.O=c1c2ccc(Cl)cc2[nH]c2cc3c(=O)c4ccc(Cl)cc4[nH]c3cc12.O=c1c2ccc(Cl)cc2[nH]c2cc3c(=O)c4cccc(Cl)c4[nH]c3cc12. The Morgan fingerprint density at radius 2 is 0.436 bits per heavy atom. The highest BCUT2D eigenvalue weighted by molar-refractivity contribution is 6.36. The van der Waals surface area contributed by atoms with Crippen molar-refractivity contribution in [1.82, 2.24) is 29.9 Å². The van der Waals surface area contributed by atoms with Crippen LogP contribution in [0.5, 0.6) is 0 Å². The van der Waals surface area contributed by atoms with Gasteiger partial charge in [0.2, 0.25) is 0 Å². The lowest BCUT2D eigenvalue weighted by Gasteiger charge is -2.08. The van der Waals surface area contributed by atoms with Crippen LogP contribution in [0.1, 0.15) is 0 Å². The van der Waals surface area contributed by atoms with E-state index in [0.717, 1.165) is 0 Å². The summed E-state index contributed by atoms with van der Waals surface area (Å²) >= 11 is 36.8. The van der Waals surface area contributed by atoms with Gasteiger partial charge in [0.1, 0.15) is 0 Å². The first-order valence-electron chi connectivity index (χ1n) is 23.8. The van der Waals surface area contributed by atoms with Crippen molar-refractivity contribution in [1.29, 1.82) is 0 Å². The van der Waals surface area contributed by atoms with E-state index in [9.17, 15) is 28.8 Å². The van der Waals surface area contributed by atoms with Crippen LogP contribution in [0.3, 0.4) is 0 Å². The number of hydrogen-bond acceptors (Lipinski definition) is 6. The fraction of sp³-hybridized carbons (Fsp3) is 0. The molecule has 15 rings (SSSR count). The Labute approximate surface area is 464 Å². The summed E-state index contributed by atoms with van der Waals surface area (Å²) in [5.41, 5.74) is 6.31. The van der Waals surface area contributed by atoms with Gasteiger partial charge in [-0.1, -0.05) is 87.8 Å². The molecule has 378 valence electrons. The molecule has 0 amide bonds. The van der Waals surface area contributed by atoms with Gasteiger partial charge in [-0.25, -0.2) is 0 Å². The molecule has 0 unspecified atom stereocenters. The van der Waals surface area contributed by atoms with Crippen LogP contribution in [0.2, 0.25) is 30.1 Å². The molecular formula is C60H30Cl6N6O6. The number of benzene rings is 9. The monoisotopic (exact) mass is 1140 g/mol. The highest BCUT2D eigenvalue weighted by atomic mass is 35.5. The third-order valence-corrected chi connectivity index (χ3v) is 15.6. The first-order chi connectivity index (χ1) is 37.6. The second-order valence-corrected chi connectivity index (χ2v) is 21.1. The van der Waals surface area contributed by atoms with E-state index in [1.807, 2.05) is 0 Å². The molecule has 6 heterocycles. The minimum Gasteiger partial charge on any atom is -0.354 e. The Morgan fingerprint density at radius 1 is 0.218 bits per heavy atom. The molecule has 0 radical (unpaired) electrons. The predicted molar refractivity (Wildman–Crippen MR) is 323 cm³/mol. The average molecular weight is 1140 g/mol. The molecule has 0 aliphatic rings. The molecule has 0 aliphatic heterocycles. The van der Waals surface area contributed by atoms with E-state index in [2.05, 4.69) is 29.9 Å². The summed E-state index contributed by atoms with van der Waals surface area (Å²) in [5, 5.41) is 9.10. The molecule has 0 saturated carbocycles. The van der Waals surface area contributed by atoms with E-state index >= 15 is 0 Å². The van der Waals surface area contributed by atoms with Gasteiger partial charge in [0.25, 0.3) is 0 Å². The van der Waals surface area contributed by atoms with Crippen molar-refractivity contribution in [2.24, 2.45) is 0 Å². The normalized spacial score (nSPS) is 11.8. The van der Waals surface area contributed by atoms with E-state index in [-0.39, 0.29) is 32.6 Å². The van der Waals surface area contributed by atoms with Gasteiger partial charge in [0, 0.05) is 79.7 Å². The topological polar surface area (TPSA) is 197 Å².